The SMILES string of the molecule is Cl.O=C(O)c1ccc(-c2cccc(N3CCOCC3)n2)cc1. The Morgan fingerprint density at radius 2 is 1.77 bits per heavy atom. The van der Waals surface area contributed by atoms with Gasteiger partial charge in [0.1, 0.15) is 5.82 Å². The summed E-state index contributed by atoms with van der Waals surface area (Å²) in [5.41, 5.74) is 2.04. The van der Waals surface area contributed by atoms with Crippen molar-refractivity contribution in [2.45, 2.75) is 0 Å². The van der Waals surface area contributed by atoms with Crippen molar-refractivity contribution in [1.82, 2.24) is 4.98 Å². The first kappa shape index (κ1) is 16.3. The van der Waals surface area contributed by atoms with E-state index in [-0.39, 0.29) is 18.0 Å². The molecule has 0 bridgehead atoms. The minimum absolute atomic E-state index is 0. The number of nitrogens with zero attached hydrogens (tertiary/aromatic N) is 2. The van der Waals surface area contributed by atoms with Gasteiger partial charge in [-0.2, -0.15) is 0 Å². The predicted molar refractivity (Wildman–Crippen MR) is 86.9 cm³/mol. The van der Waals surface area contributed by atoms with Crippen LogP contribution in [0.15, 0.2) is 42.5 Å². The molecule has 0 atom stereocenters. The number of carbonyl (C=O) groups is 1. The highest BCUT2D eigenvalue weighted by molar-refractivity contribution is 5.88. The molecule has 22 heavy (non-hydrogen) atoms. The minimum Gasteiger partial charge on any atom is -0.478 e. The highest BCUT2D eigenvalue weighted by Crippen LogP contribution is 2.21. The fourth-order valence-corrected chi connectivity index (χ4v) is 2.34. The number of aromatic nitrogens is 1. The molecule has 1 aromatic carbocycles. The third-order valence-corrected chi connectivity index (χ3v) is 3.50. The van der Waals surface area contributed by atoms with Crippen LogP contribution in [0.1, 0.15) is 10.4 Å². The van der Waals surface area contributed by atoms with Crippen molar-refractivity contribution in [3.05, 3.63) is 48.0 Å². The first-order valence-electron chi connectivity index (χ1n) is 6.87. The fraction of sp³-hybridized carbons (Fsp3) is 0.250. The van der Waals surface area contributed by atoms with Gasteiger partial charge in [-0.25, -0.2) is 9.78 Å². The molecule has 0 aliphatic carbocycles. The average Bonchev–Trinajstić information content (AvgIpc) is 2.56. The summed E-state index contributed by atoms with van der Waals surface area (Å²) >= 11 is 0. The molecule has 0 saturated carbocycles. The van der Waals surface area contributed by atoms with E-state index in [1.54, 1.807) is 24.3 Å². The van der Waals surface area contributed by atoms with Gasteiger partial charge < -0.3 is 14.7 Å². The van der Waals surface area contributed by atoms with Crippen molar-refractivity contribution in [2.75, 3.05) is 31.2 Å². The Balaban J connectivity index is 0.00000176. The summed E-state index contributed by atoms with van der Waals surface area (Å²) in [7, 11) is 0. The van der Waals surface area contributed by atoms with Gasteiger partial charge in [0.05, 0.1) is 24.5 Å². The molecule has 0 unspecified atom stereocenters. The second-order valence-corrected chi connectivity index (χ2v) is 4.86. The fourth-order valence-electron chi connectivity index (χ4n) is 2.34. The molecule has 1 N–H and O–H groups in total. The largest absolute Gasteiger partial charge is 0.478 e. The number of aromatic carboxylic acids is 1. The van der Waals surface area contributed by atoms with E-state index in [2.05, 4.69) is 9.88 Å². The number of rotatable bonds is 3. The van der Waals surface area contributed by atoms with E-state index in [4.69, 9.17) is 9.84 Å². The predicted octanol–water partition coefficient (Wildman–Crippen LogP) is 2.71. The summed E-state index contributed by atoms with van der Waals surface area (Å²) < 4.78 is 5.35. The van der Waals surface area contributed by atoms with E-state index in [9.17, 15) is 4.79 Å². The topological polar surface area (TPSA) is 62.7 Å². The highest BCUT2D eigenvalue weighted by atomic mass is 35.5. The van der Waals surface area contributed by atoms with Crippen molar-refractivity contribution in [1.29, 1.82) is 0 Å². The molecule has 3 rings (SSSR count). The Kier molecular flexibility index (Phi) is 5.35. The molecule has 0 spiro atoms. The van der Waals surface area contributed by atoms with E-state index in [0.29, 0.717) is 0 Å². The molecule has 2 heterocycles. The van der Waals surface area contributed by atoms with E-state index in [1.807, 2.05) is 18.2 Å². The smallest absolute Gasteiger partial charge is 0.335 e. The van der Waals surface area contributed by atoms with Crippen molar-refractivity contribution in [2.24, 2.45) is 0 Å². The number of benzene rings is 1. The molecule has 2 aromatic rings. The maximum absolute atomic E-state index is 10.9. The highest BCUT2D eigenvalue weighted by Gasteiger charge is 2.13. The summed E-state index contributed by atoms with van der Waals surface area (Å²) in [6.45, 7) is 3.13. The average molecular weight is 321 g/mol. The zero-order valence-electron chi connectivity index (χ0n) is 11.9. The van der Waals surface area contributed by atoms with Crippen LogP contribution in [0, 0.1) is 0 Å². The quantitative estimate of drug-likeness (QED) is 0.942. The van der Waals surface area contributed by atoms with Gasteiger partial charge in [-0.3, -0.25) is 0 Å². The Morgan fingerprint density at radius 3 is 2.41 bits per heavy atom. The number of anilines is 1. The lowest BCUT2D eigenvalue weighted by Crippen LogP contribution is -2.36. The first-order valence-corrected chi connectivity index (χ1v) is 6.87. The zero-order valence-corrected chi connectivity index (χ0v) is 12.8. The molecule has 1 aliphatic heterocycles. The van der Waals surface area contributed by atoms with Gasteiger partial charge in [-0.05, 0) is 24.3 Å². The number of halogens is 1. The molecule has 0 radical (unpaired) electrons. The third-order valence-electron chi connectivity index (χ3n) is 3.50. The van der Waals surface area contributed by atoms with Crippen molar-refractivity contribution in [3.8, 4) is 11.3 Å². The second kappa shape index (κ2) is 7.24. The summed E-state index contributed by atoms with van der Waals surface area (Å²) in [4.78, 5) is 17.7. The molecule has 6 heteroatoms. The van der Waals surface area contributed by atoms with Crippen LogP contribution < -0.4 is 4.90 Å². The van der Waals surface area contributed by atoms with E-state index in [0.717, 1.165) is 43.4 Å². The summed E-state index contributed by atoms with van der Waals surface area (Å²) in [5, 5.41) is 8.93. The van der Waals surface area contributed by atoms with Gasteiger partial charge in [-0.1, -0.05) is 18.2 Å². The maximum Gasteiger partial charge on any atom is 0.335 e. The van der Waals surface area contributed by atoms with Crippen LogP contribution in [0.25, 0.3) is 11.3 Å². The lowest BCUT2D eigenvalue weighted by molar-refractivity contribution is 0.0697. The minimum atomic E-state index is -0.920. The Hall–Kier alpha value is -2.11. The first-order chi connectivity index (χ1) is 10.2. The second-order valence-electron chi connectivity index (χ2n) is 4.86. The van der Waals surface area contributed by atoms with Crippen LogP contribution in [0.2, 0.25) is 0 Å². The van der Waals surface area contributed by atoms with Crippen LogP contribution in [0.4, 0.5) is 5.82 Å². The molecule has 0 amide bonds. The third kappa shape index (κ3) is 3.55. The maximum atomic E-state index is 10.9. The molecular weight excluding hydrogens is 304 g/mol. The number of hydrogen-bond donors (Lipinski definition) is 1. The van der Waals surface area contributed by atoms with Crippen molar-refractivity contribution < 1.29 is 14.6 Å². The van der Waals surface area contributed by atoms with Crippen LogP contribution in [0.5, 0.6) is 0 Å². The normalized spacial score (nSPS) is 14.3. The van der Waals surface area contributed by atoms with Gasteiger partial charge >= 0.3 is 5.97 Å². The van der Waals surface area contributed by atoms with Crippen LogP contribution in [-0.2, 0) is 4.74 Å². The lowest BCUT2D eigenvalue weighted by Gasteiger charge is -2.28. The van der Waals surface area contributed by atoms with Gasteiger partial charge in [0, 0.05) is 18.7 Å². The van der Waals surface area contributed by atoms with E-state index < -0.39 is 5.97 Å². The van der Waals surface area contributed by atoms with Gasteiger partial charge in [0.2, 0.25) is 0 Å². The molecule has 1 fully saturated rings. The number of morpholine rings is 1. The van der Waals surface area contributed by atoms with Crippen LogP contribution in [-0.4, -0.2) is 42.4 Å². The molecular formula is C16H17ClN2O3. The monoisotopic (exact) mass is 320 g/mol. The Labute approximate surface area is 135 Å². The van der Waals surface area contributed by atoms with Crippen molar-refractivity contribution >= 4 is 24.2 Å². The standard InChI is InChI=1S/C16H16N2O3.ClH/c19-16(20)13-6-4-12(5-7-13)14-2-1-3-15(17-14)18-8-10-21-11-9-18;/h1-7H,8-11H2,(H,19,20);1H. The van der Waals surface area contributed by atoms with Crippen LogP contribution in [0.3, 0.4) is 0 Å². The Bertz CT molecular complexity index is 640. The number of hydrogen-bond acceptors (Lipinski definition) is 4. The summed E-state index contributed by atoms with van der Waals surface area (Å²) in [6.07, 6.45) is 0. The van der Waals surface area contributed by atoms with Crippen molar-refractivity contribution in [3.63, 3.8) is 0 Å². The van der Waals surface area contributed by atoms with Gasteiger partial charge in [-0.15, -0.1) is 12.4 Å². The molecule has 1 saturated heterocycles. The number of ether oxygens (including phenoxy) is 1. The molecule has 1 aliphatic rings. The zero-order chi connectivity index (χ0) is 14.7. The summed E-state index contributed by atoms with van der Waals surface area (Å²) in [6, 6.07) is 12.7. The Morgan fingerprint density at radius 1 is 1.09 bits per heavy atom. The molecule has 116 valence electrons. The lowest BCUT2D eigenvalue weighted by atomic mass is 10.1. The van der Waals surface area contributed by atoms with E-state index >= 15 is 0 Å². The number of carboxylic acid groups (broad SMARTS) is 1. The molecule has 1 aromatic heterocycles. The van der Waals surface area contributed by atoms with Crippen LogP contribution >= 0.6 is 12.4 Å². The van der Waals surface area contributed by atoms with E-state index in [1.165, 1.54) is 0 Å². The van der Waals surface area contributed by atoms with Gasteiger partial charge in [0.15, 0.2) is 0 Å². The number of pyridine rings is 1. The summed E-state index contributed by atoms with van der Waals surface area (Å²) in [5.74, 6) is 0.00897. The molecule has 5 nitrogen and oxygen atoms in total. The van der Waals surface area contributed by atoms with Gasteiger partial charge in [0.25, 0.3) is 0 Å². The number of carboxylic acids is 1.